The van der Waals surface area contributed by atoms with Gasteiger partial charge in [-0.05, 0) is 42.5 Å². The third-order valence-electron chi connectivity index (χ3n) is 4.07. The maximum absolute atomic E-state index is 12.2. The molecule has 0 spiro atoms. The van der Waals surface area contributed by atoms with E-state index in [1.807, 2.05) is 0 Å². The Morgan fingerprint density at radius 1 is 1.12 bits per heavy atom. The van der Waals surface area contributed by atoms with Crippen molar-refractivity contribution in [2.75, 3.05) is 5.32 Å². The third-order valence-corrected chi connectivity index (χ3v) is 4.31. The maximum atomic E-state index is 12.2. The average molecular weight is 366 g/mol. The quantitative estimate of drug-likeness (QED) is 0.654. The molecule has 0 unspecified atom stereocenters. The van der Waals surface area contributed by atoms with Gasteiger partial charge in [0.2, 0.25) is 0 Å². The summed E-state index contributed by atoms with van der Waals surface area (Å²) in [6, 6.07) is 15.1. The molecule has 5 nitrogen and oxygen atoms in total. The number of benzene rings is 2. The number of carbonyl (C=O) groups is 2. The number of amides is 1. The molecule has 0 radical (unpaired) electrons. The molecule has 1 aliphatic heterocycles. The fraction of sp³-hybridized carbons (Fsp3) is 0. The lowest BCUT2D eigenvalue weighted by molar-refractivity contribution is -0.110. The standard InChI is InChI=1S/C20H12ClNO4/c21-13-4-6-15-16(19(23)22-17(15)9-13)10-14-5-7-18(26-14)11-2-1-3-12(8-11)20(24)25/h1-10H,(H,22,23)(H,24,25). The van der Waals surface area contributed by atoms with Crippen LogP contribution in [0.4, 0.5) is 5.69 Å². The number of hydrogen-bond donors (Lipinski definition) is 2. The predicted molar refractivity (Wildman–Crippen MR) is 99.1 cm³/mol. The number of hydrogen-bond acceptors (Lipinski definition) is 3. The number of halogens is 1. The number of nitrogens with one attached hydrogen (secondary N) is 1. The van der Waals surface area contributed by atoms with Crippen molar-refractivity contribution in [2.24, 2.45) is 0 Å². The van der Waals surface area contributed by atoms with Gasteiger partial charge in [-0.1, -0.05) is 29.8 Å². The van der Waals surface area contributed by atoms with Crippen LogP contribution in [-0.2, 0) is 4.79 Å². The minimum Gasteiger partial charge on any atom is -0.478 e. The molecule has 0 fully saturated rings. The Morgan fingerprint density at radius 3 is 2.77 bits per heavy atom. The molecule has 2 heterocycles. The molecule has 0 atom stereocenters. The fourth-order valence-electron chi connectivity index (χ4n) is 2.84. The third kappa shape index (κ3) is 2.89. The van der Waals surface area contributed by atoms with Gasteiger partial charge in [-0.2, -0.15) is 0 Å². The Labute approximate surface area is 153 Å². The summed E-state index contributed by atoms with van der Waals surface area (Å²) in [6.45, 7) is 0. The molecule has 3 aromatic rings. The van der Waals surface area contributed by atoms with Crippen molar-refractivity contribution in [3.05, 3.63) is 76.5 Å². The monoisotopic (exact) mass is 365 g/mol. The zero-order valence-corrected chi connectivity index (χ0v) is 14.1. The summed E-state index contributed by atoms with van der Waals surface area (Å²) in [5, 5.41) is 12.4. The van der Waals surface area contributed by atoms with Crippen molar-refractivity contribution in [1.82, 2.24) is 0 Å². The first-order valence-corrected chi connectivity index (χ1v) is 8.15. The minimum atomic E-state index is -1.00. The van der Waals surface area contributed by atoms with Gasteiger partial charge in [-0.15, -0.1) is 0 Å². The highest BCUT2D eigenvalue weighted by Crippen LogP contribution is 2.35. The average Bonchev–Trinajstić information content (AvgIpc) is 3.20. The molecule has 26 heavy (non-hydrogen) atoms. The van der Waals surface area contributed by atoms with Crippen LogP contribution in [0.3, 0.4) is 0 Å². The lowest BCUT2D eigenvalue weighted by atomic mass is 10.1. The Balaban J connectivity index is 1.70. The largest absolute Gasteiger partial charge is 0.478 e. The molecule has 6 heteroatoms. The van der Waals surface area contributed by atoms with Gasteiger partial charge in [0.15, 0.2) is 0 Å². The molecule has 4 rings (SSSR count). The number of fused-ring (bicyclic) bond motifs is 1. The highest BCUT2D eigenvalue weighted by Gasteiger charge is 2.24. The second-order valence-corrected chi connectivity index (χ2v) is 6.23. The van der Waals surface area contributed by atoms with Crippen LogP contribution < -0.4 is 5.32 Å². The predicted octanol–water partition coefficient (Wildman–Crippen LogP) is 4.79. The Morgan fingerprint density at radius 2 is 1.96 bits per heavy atom. The fourth-order valence-corrected chi connectivity index (χ4v) is 3.02. The second-order valence-electron chi connectivity index (χ2n) is 5.79. The lowest BCUT2D eigenvalue weighted by Crippen LogP contribution is -2.03. The van der Waals surface area contributed by atoms with Crippen LogP contribution in [0.5, 0.6) is 0 Å². The number of aromatic carboxylic acids is 1. The van der Waals surface area contributed by atoms with Crippen molar-refractivity contribution in [3.63, 3.8) is 0 Å². The SMILES string of the molecule is O=C1Nc2cc(Cl)ccc2C1=Cc1ccc(-c2cccc(C(=O)O)c2)o1. The maximum Gasteiger partial charge on any atom is 0.335 e. The van der Waals surface area contributed by atoms with Crippen molar-refractivity contribution in [1.29, 1.82) is 0 Å². The van der Waals surface area contributed by atoms with E-state index in [1.165, 1.54) is 12.1 Å². The summed E-state index contributed by atoms with van der Waals surface area (Å²) in [5.74, 6) is -0.213. The summed E-state index contributed by atoms with van der Waals surface area (Å²) < 4.78 is 5.78. The van der Waals surface area contributed by atoms with Crippen molar-refractivity contribution >= 4 is 40.8 Å². The van der Waals surface area contributed by atoms with Crippen molar-refractivity contribution in [2.45, 2.75) is 0 Å². The van der Waals surface area contributed by atoms with E-state index in [0.717, 1.165) is 5.56 Å². The molecule has 0 bridgehead atoms. The number of furan rings is 1. The van der Waals surface area contributed by atoms with Crippen LogP contribution in [0, 0.1) is 0 Å². The van der Waals surface area contributed by atoms with Gasteiger partial charge in [0.05, 0.1) is 16.8 Å². The highest BCUT2D eigenvalue weighted by atomic mass is 35.5. The summed E-state index contributed by atoms with van der Waals surface area (Å²) in [6.07, 6.45) is 1.65. The van der Waals surface area contributed by atoms with Gasteiger partial charge in [0, 0.05) is 16.1 Å². The van der Waals surface area contributed by atoms with Crippen LogP contribution in [0.25, 0.3) is 23.0 Å². The number of carboxylic acid groups (broad SMARTS) is 1. The Hall–Kier alpha value is -3.31. The smallest absolute Gasteiger partial charge is 0.335 e. The van der Waals surface area contributed by atoms with Crippen LogP contribution >= 0.6 is 11.6 Å². The number of anilines is 1. The van der Waals surface area contributed by atoms with Gasteiger partial charge in [0.25, 0.3) is 5.91 Å². The molecule has 0 aliphatic carbocycles. The number of carbonyl (C=O) groups excluding carboxylic acids is 1. The van der Waals surface area contributed by atoms with E-state index < -0.39 is 5.97 Å². The normalized spacial score (nSPS) is 14.3. The van der Waals surface area contributed by atoms with Crippen molar-refractivity contribution in [3.8, 4) is 11.3 Å². The molecular weight excluding hydrogens is 354 g/mol. The summed E-state index contributed by atoms with van der Waals surface area (Å²) in [5.41, 5.74) is 2.73. The van der Waals surface area contributed by atoms with E-state index >= 15 is 0 Å². The zero-order chi connectivity index (χ0) is 18.3. The van der Waals surface area contributed by atoms with Crippen LogP contribution in [0.1, 0.15) is 21.7 Å². The Bertz CT molecular complexity index is 1080. The topological polar surface area (TPSA) is 79.5 Å². The molecule has 128 valence electrons. The van der Waals surface area contributed by atoms with Gasteiger partial charge in [-0.3, -0.25) is 4.79 Å². The van der Waals surface area contributed by atoms with Gasteiger partial charge in [-0.25, -0.2) is 4.79 Å². The number of rotatable bonds is 3. The molecule has 1 amide bonds. The van der Waals surface area contributed by atoms with E-state index in [9.17, 15) is 9.59 Å². The van der Waals surface area contributed by atoms with Gasteiger partial charge < -0.3 is 14.8 Å². The van der Waals surface area contributed by atoms with E-state index in [2.05, 4.69) is 5.32 Å². The van der Waals surface area contributed by atoms with Crippen molar-refractivity contribution < 1.29 is 19.1 Å². The second kappa shape index (κ2) is 6.20. The molecular formula is C20H12ClNO4. The van der Waals surface area contributed by atoms with E-state index in [4.69, 9.17) is 21.1 Å². The summed E-state index contributed by atoms with van der Waals surface area (Å²) in [4.78, 5) is 23.3. The molecule has 1 aromatic heterocycles. The molecule has 0 saturated heterocycles. The first-order valence-electron chi connectivity index (χ1n) is 7.78. The zero-order valence-electron chi connectivity index (χ0n) is 13.3. The Kier molecular flexibility index (Phi) is 3.86. The minimum absolute atomic E-state index is 0.180. The number of carboxylic acids is 1. The molecule has 2 aromatic carbocycles. The lowest BCUT2D eigenvalue weighted by Gasteiger charge is -1.99. The van der Waals surface area contributed by atoms with E-state index in [1.54, 1.807) is 48.5 Å². The van der Waals surface area contributed by atoms with E-state index in [0.29, 0.717) is 33.4 Å². The summed E-state index contributed by atoms with van der Waals surface area (Å²) in [7, 11) is 0. The highest BCUT2D eigenvalue weighted by molar-refractivity contribution is 6.36. The molecule has 1 aliphatic rings. The molecule has 0 saturated carbocycles. The van der Waals surface area contributed by atoms with Crippen LogP contribution in [0.15, 0.2) is 59.0 Å². The first kappa shape index (κ1) is 16.2. The first-order chi connectivity index (χ1) is 12.5. The van der Waals surface area contributed by atoms with E-state index in [-0.39, 0.29) is 11.5 Å². The van der Waals surface area contributed by atoms with Gasteiger partial charge >= 0.3 is 5.97 Å². The van der Waals surface area contributed by atoms with Crippen LogP contribution in [-0.4, -0.2) is 17.0 Å². The molecule has 2 N–H and O–H groups in total. The van der Waals surface area contributed by atoms with Gasteiger partial charge in [0.1, 0.15) is 11.5 Å². The van der Waals surface area contributed by atoms with Crippen LogP contribution in [0.2, 0.25) is 5.02 Å². The summed E-state index contributed by atoms with van der Waals surface area (Å²) >= 11 is 5.95.